The Kier molecular flexibility index (Phi) is 3.56. The first-order chi connectivity index (χ1) is 8.47. The monoisotopic (exact) mass is 258 g/mol. The van der Waals surface area contributed by atoms with Crippen LogP contribution in [-0.2, 0) is 17.4 Å². The van der Waals surface area contributed by atoms with E-state index in [2.05, 4.69) is 10.6 Å². The third kappa shape index (κ3) is 3.01. The molecule has 0 bridgehead atoms. The molecule has 0 radical (unpaired) electrons. The Labute approximate surface area is 102 Å². The molecule has 1 aliphatic heterocycles. The number of hydrogen-bond donors (Lipinski definition) is 2. The molecule has 2 N–H and O–H groups in total. The molecule has 0 aromatic heterocycles. The third-order valence-corrected chi connectivity index (χ3v) is 2.85. The molecule has 1 unspecified atom stereocenters. The van der Waals surface area contributed by atoms with Gasteiger partial charge in [-0.1, -0.05) is 12.1 Å². The lowest BCUT2D eigenvalue weighted by Crippen LogP contribution is -2.53. The molecule has 1 aromatic carbocycles. The van der Waals surface area contributed by atoms with Crippen LogP contribution in [0.15, 0.2) is 24.3 Å². The van der Waals surface area contributed by atoms with Crippen LogP contribution in [-0.4, -0.2) is 25.0 Å². The van der Waals surface area contributed by atoms with Gasteiger partial charge in [-0.2, -0.15) is 13.2 Å². The molecular formula is C12H13F3N2O. The van der Waals surface area contributed by atoms with E-state index in [1.807, 2.05) is 0 Å². The number of carbonyl (C=O) groups excluding carboxylic acids is 1. The number of piperazine rings is 1. The molecule has 1 aromatic rings. The van der Waals surface area contributed by atoms with Gasteiger partial charge in [0.05, 0.1) is 11.6 Å². The maximum absolute atomic E-state index is 12.4. The van der Waals surface area contributed by atoms with E-state index >= 15 is 0 Å². The summed E-state index contributed by atoms with van der Waals surface area (Å²) in [5.41, 5.74) is 0.0323. The number of hydrogen-bond acceptors (Lipinski definition) is 2. The van der Waals surface area contributed by atoms with Gasteiger partial charge in [-0.05, 0) is 24.1 Å². The Morgan fingerprint density at radius 3 is 2.39 bits per heavy atom. The summed E-state index contributed by atoms with van der Waals surface area (Å²) in [6.45, 7) is 1.26. The summed E-state index contributed by atoms with van der Waals surface area (Å²) in [5.74, 6) is -0.110. The molecule has 6 heteroatoms. The number of benzene rings is 1. The van der Waals surface area contributed by atoms with Gasteiger partial charge in [0.2, 0.25) is 5.91 Å². The van der Waals surface area contributed by atoms with Crippen LogP contribution in [0.4, 0.5) is 13.2 Å². The SMILES string of the molecule is O=C1NCCNC1Cc1ccc(C(F)(F)F)cc1. The molecule has 18 heavy (non-hydrogen) atoms. The first-order valence-corrected chi connectivity index (χ1v) is 5.64. The van der Waals surface area contributed by atoms with Crippen molar-refractivity contribution >= 4 is 5.91 Å². The molecule has 1 saturated heterocycles. The van der Waals surface area contributed by atoms with Crippen molar-refractivity contribution < 1.29 is 18.0 Å². The van der Waals surface area contributed by atoms with Crippen molar-refractivity contribution in [2.24, 2.45) is 0 Å². The van der Waals surface area contributed by atoms with Crippen LogP contribution in [0.3, 0.4) is 0 Å². The highest BCUT2D eigenvalue weighted by atomic mass is 19.4. The van der Waals surface area contributed by atoms with Gasteiger partial charge in [-0.25, -0.2) is 0 Å². The third-order valence-electron chi connectivity index (χ3n) is 2.85. The zero-order valence-corrected chi connectivity index (χ0v) is 9.55. The lowest BCUT2D eigenvalue weighted by Gasteiger charge is -2.23. The Morgan fingerprint density at radius 2 is 1.83 bits per heavy atom. The second-order valence-corrected chi connectivity index (χ2v) is 4.20. The van der Waals surface area contributed by atoms with Crippen LogP contribution in [0.1, 0.15) is 11.1 Å². The van der Waals surface area contributed by atoms with Crippen LogP contribution in [0.2, 0.25) is 0 Å². The van der Waals surface area contributed by atoms with Gasteiger partial charge in [0.1, 0.15) is 0 Å². The minimum absolute atomic E-state index is 0.110. The van der Waals surface area contributed by atoms with Crippen LogP contribution >= 0.6 is 0 Å². The van der Waals surface area contributed by atoms with Crippen LogP contribution in [0.25, 0.3) is 0 Å². The van der Waals surface area contributed by atoms with E-state index < -0.39 is 11.7 Å². The summed E-state index contributed by atoms with van der Waals surface area (Å²) in [4.78, 5) is 11.5. The fourth-order valence-electron chi connectivity index (χ4n) is 1.88. The van der Waals surface area contributed by atoms with Gasteiger partial charge in [0.15, 0.2) is 0 Å². The maximum atomic E-state index is 12.4. The topological polar surface area (TPSA) is 41.1 Å². The van der Waals surface area contributed by atoms with E-state index in [-0.39, 0.29) is 11.9 Å². The largest absolute Gasteiger partial charge is 0.416 e. The van der Waals surface area contributed by atoms with Gasteiger partial charge in [-0.3, -0.25) is 4.79 Å². The lowest BCUT2D eigenvalue weighted by atomic mass is 10.0. The highest BCUT2D eigenvalue weighted by Crippen LogP contribution is 2.29. The number of carbonyl (C=O) groups is 1. The fourth-order valence-corrected chi connectivity index (χ4v) is 1.88. The highest BCUT2D eigenvalue weighted by Gasteiger charge is 2.30. The predicted octanol–water partition coefficient (Wildman–Crippen LogP) is 1.34. The summed E-state index contributed by atoms with van der Waals surface area (Å²) >= 11 is 0. The number of rotatable bonds is 2. The van der Waals surface area contributed by atoms with Crippen molar-refractivity contribution in [1.82, 2.24) is 10.6 Å². The first kappa shape index (κ1) is 12.9. The van der Waals surface area contributed by atoms with Crippen molar-refractivity contribution in [1.29, 1.82) is 0 Å². The average molecular weight is 258 g/mol. The standard InChI is InChI=1S/C12H13F3N2O/c13-12(14,15)9-3-1-8(2-4-9)7-10-11(18)17-6-5-16-10/h1-4,10,16H,5-7H2,(H,17,18). The smallest absolute Gasteiger partial charge is 0.353 e. The Morgan fingerprint density at radius 1 is 1.17 bits per heavy atom. The number of halogens is 3. The normalized spacial score (nSPS) is 20.6. The minimum atomic E-state index is -4.32. The van der Waals surface area contributed by atoms with E-state index in [1.54, 1.807) is 0 Å². The maximum Gasteiger partial charge on any atom is 0.416 e. The van der Waals surface area contributed by atoms with Crippen molar-refractivity contribution in [3.63, 3.8) is 0 Å². The lowest BCUT2D eigenvalue weighted by molar-refractivity contribution is -0.137. The van der Waals surface area contributed by atoms with Gasteiger partial charge in [0, 0.05) is 13.1 Å². The van der Waals surface area contributed by atoms with Crippen LogP contribution in [0, 0.1) is 0 Å². The fraction of sp³-hybridized carbons (Fsp3) is 0.417. The zero-order chi connectivity index (χ0) is 13.2. The predicted molar refractivity (Wildman–Crippen MR) is 59.9 cm³/mol. The molecule has 1 aliphatic rings. The van der Waals surface area contributed by atoms with Crippen LogP contribution in [0.5, 0.6) is 0 Å². The van der Waals surface area contributed by atoms with Crippen LogP contribution < -0.4 is 10.6 Å². The van der Waals surface area contributed by atoms with Crippen molar-refractivity contribution in [2.75, 3.05) is 13.1 Å². The molecule has 98 valence electrons. The van der Waals surface area contributed by atoms with E-state index in [1.165, 1.54) is 12.1 Å². The molecular weight excluding hydrogens is 245 g/mol. The Bertz CT molecular complexity index is 428. The molecule has 1 amide bonds. The molecule has 1 fully saturated rings. The summed E-state index contributed by atoms with van der Waals surface area (Å²) in [5, 5.41) is 5.73. The second kappa shape index (κ2) is 4.97. The Hall–Kier alpha value is -1.56. The van der Waals surface area contributed by atoms with Gasteiger partial charge < -0.3 is 10.6 Å². The average Bonchev–Trinajstić information content (AvgIpc) is 2.32. The number of amides is 1. The van der Waals surface area contributed by atoms with Crippen molar-refractivity contribution in [3.8, 4) is 0 Å². The molecule has 0 spiro atoms. The molecule has 3 nitrogen and oxygen atoms in total. The van der Waals surface area contributed by atoms with E-state index in [9.17, 15) is 18.0 Å². The first-order valence-electron chi connectivity index (χ1n) is 5.64. The van der Waals surface area contributed by atoms with Crippen molar-refractivity contribution in [3.05, 3.63) is 35.4 Å². The molecule has 1 atom stereocenters. The minimum Gasteiger partial charge on any atom is -0.353 e. The van der Waals surface area contributed by atoms with E-state index in [0.717, 1.165) is 12.1 Å². The van der Waals surface area contributed by atoms with E-state index in [0.29, 0.717) is 25.1 Å². The number of nitrogens with one attached hydrogen (secondary N) is 2. The van der Waals surface area contributed by atoms with Gasteiger partial charge in [0.25, 0.3) is 0 Å². The highest BCUT2D eigenvalue weighted by molar-refractivity contribution is 5.82. The van der Waals surface area contributed by atoms with Crippen molar-refractivity contribution in [2.45, 2.75) is 18.6 Å². The molecule has 1 heterocycles. The molecule has 2 rings (SSSR count). The van der Waals surface area contributed by atoms with E-state index in [4.69, 9.17) is 0 Å². The van der Waals surface area contributed by atoms with Gasteiger partial charge in [-0.15, -0.1) is 0 Å². The summed E-state index contributed by atoms with van der Waals surface area (Å²) in [6.07, 6.45) is -3.93. The second-order valence-electron chi connectivity index (χ2n) is 4.20. The molecule has 0 saturated carbocycles. The van der Waals surface area contributed by atoms with Gasteiger partial charge >= 0.3 is 6.18 Å². The number of alkyl halides is 3. The quantitative estimate of drug-likeness (QED) is 0.840. The summed E-state index contributed by atoms with van der Waals surface area (Å²) < 4.78 is 37.1. The summed E-state index contributed by atoms with van der Waals surface area (Å²) in [6, 6.07) is 4.53. The summed E-state index contributed by atoms with van der Waals surface area (Å²) in [7, 11) is 0. The zero-order valence-electron chi connectivity index (χ0n) is 9.55. The Balaban J connectivity index is 2.04. The molecule has 0 aliphatic carbocycles.